The lowest BCUT2D eigenvalue weighted by Crippen LogP contribution is -2.42. The van der Waals surface area contributed by atoms with Crippen LogP contribution in [0.4, 0.5) is 5.69 Å². The number of nitrogens with one attached hydrogen (secondary N) is 1. The third-order valence-electron chi connectivity index (χ3n) is 5.09. The number of carbonyl (C=O) groups is 2. The number of hydrogen-bond donors (Lipinski definition) is 1. The van der Waals surface area contributed by atoms with Gasteiger partial charge in [-0.05, 0) is 91.8 Å². The summed E-state index contributed by atoms with van der Waals surface area (Å²) >= 11 is 18.1. The molecule has 0 heterocycles. The van der Waals surface area contributed by atoms with Crippen LogP contribution in [0.1, 0.15) is 46.5 Å². The zero-order valence-corrected chi connectivity index (χ0v) is 22.3. The van der Waals surface area contributed by atoms with Crippen molar-refractivity contribution in [2.45, 2.75) is 26.8 Å². The quantitative estimate of drug-likeness (QED) is 0.239. The maximum absolute atomic E-state index is 12.9. The van der Waals surface area contributed by atoms with Gasteiger partial charge in [0.2, 0.25) is 0 Å². The Morgan fingerprint density at radius 3 is 2.22 bits per heavy atom. The van der Waals surface area contributed by atoms with Crippen LogP contribution < -0.4 is 15.0 Å². The minimum atomic E-state index is -0.418. The average Bonchev–Trinajstić information content (AvgIpc) is 2.87. The summed E-state index contributed by atoms with van der Waals surface area (Å²) in [4.78, 5) is 26.7. The number of esters is 1. The normalized spacial score (nSPS) is 10.4. The summed E-state index contributed by atoms with van der Waals surface area (Å²) in [5.74, 6) is -0.0901. The van der Waals surface area contributed by atoms with Gasteiger partial charge >= 0.3 is 5.97 Å². The zero-order valence-electron chi connectivity index (χ0n) is 19.9. The molecule has 0 bridgehead atoms. The van der Waals surface area contributed by atoms with Gasteiger partial charge in [-0.3, -0.25) is 10.1 Å². The number of anilines is 1. The first-order valence-corrected chi connectivity index (χ1v) is 12.6. The van der Waals surface area contributed by atoms with E-state index in [2.05, 4.69) is 5.32 Å². The lowest BCUT2D eigenvalue weighted by Gasteiger charge is -2.26. The average molecular weight is 545 g/mol. The van der Waals surface area contributed by atoms with E-state index < -0.39 is 5.97 Å². The summed E-state index contributed by atoms with van der Waals surface area (Å²) in [5, 5.41) is 3.93. The molecule has 6 nitrogen and oxygen atoms in total. The Balaban J connectivity index is 1.83. The molecule has 0 aliphatic heterocycles. The van der Waals surface area contributed by atoms with Crippen molar-refractivity contribution in [3.8, 4) is 5.75 Å². The number of nitrogens with zero attached hydrogens (tertiary/aromatic N) is 1. The molecule has 0 fully saturated rings. The highest BCUT2D eigenvalue weighted by Gasteiger charge is 2.19. The zero-order chi connectivity index (χ0) is 26.1. The summed E-state index contributed by atoms with van der Waals surface area (Å²) in [7, 11) is 0. The molecule has 0 atom stereocenters. The molecule has 1 amide bonds. The molecule has 0 aliphatic carbocycles. The smallest absolute Gasteiger partial charge is 0.338 e. The number of ether oxygens (including phenoxy) is 2. The Bertz CT molecular complexity index is 1220. The lowest BCUT2D eigenvalue weighted by molar-refractivity contribution is 0.0526. The number of benzene rings is 3. The Labute approximate surface area is 226 Å². The van der Waals surface area contributed by atoms with Gasteiger partial charge < -0.3 is 14.4 Å². The first kappa shape index (κ1) is 27.5. The first-order valence-electron chi connectivity index (χ1n) is 11.4. The van der Waals surface area contributed by atoms with E-state index in [0.717, 1.165) is 12.0 Å². The van der Waals surface area contributed by atoms with Gasteiger partial charge in [-0.1, -0.05) is 36.2 Å². The monoisotopic (exact) mass is 544 g/mol. The highest BCUT2D eigenvalue weighted by molar-refractivity contribution is 7.80. The van der Waals surface area contributed by atoms with Gasteiger partial charge in [0.05, 0.1) is 25.3 Å². The second-order valence-electron chi connectivity index (χ2n) is 7.72. The van der Waals surface area contributed by atoms with Crippen molar-refractivity contribution in [3.05, 3.63) is 93.5 Å². The topological polar surface area (TPSA) is 67.9 Å². The molecule has 0 spiro atoms. The number of amides is 1. The Hall–Kier alpha value is -3.13. The number of rotatable bonds is 9. The third-order valence-corrected chi connectivity index (χ3v) is 6.00. The summed E-state index contributed by atoms with van der Waals surface area (Å²) in [6.45, 7) is 4.92. The summed E-state index contributed by atoms with van der Waals surface area (Å²) < 4.78 is 10.6. The first-order chi connectivity index (χ1) is 17.3. The van der Waals surface area contributed by atoms with Crippen LogP contribution in [0.25, 0.3) is 0 Å². The van der Waals surface area contributed by atoms with Crippen molar-refractivity contribution in [1.29, 1.82) is 0 Å². The fourth-order valence-electron chi connectivity index (χ4n) is 3.25. The van der Waals surface area contributed by atoms with Gasteiger partial charge in [-0.25, -0.2) is 4.79 Å². The molecular weight excluding hydrogens is 519 g/mol. The van der Waals surface area contributed by atoms with E-state index in [4.69, 9.17) is 44.9 Å². The molecule has 9 heteroatoms. The predicted molar refractivity (Wildman–Crippen MR) is 147 cm³/mol. The van der Waals surface area contributed by atoms with Gasteiger partial charge in [0.1, 0.15) is 5.75 Å². The molecule has 3 aromatic rings. The van der Waals surface area contributed by atoms with E-state index in [1.807, 2.05) is 6.92 Å². The molecule has 3 rings (SSSR count). The molecule has 0 aliphatic rings. The highest BCUT2D eigenvalue weighted by atomic mass is 35.5. The van der Waals surface area contributed by atoms with Crippen LogP contribution >= 0.6 is 35.4 Å². The van der Waals surface area contributed by atoms with Crippen molar-refractivity contribution in [1.82, 2.24) is 5.32 Å². The Kier molecular flexibility index (Phi) is 10.1. The summed E-state index contributed by atoms with van der Waals surface area (Å²) in [6.07, 6.45) is 0.894. The molecule has 3 aromatic carbocycles. The maximum atomic E-state index is 12.9. The molecule has 0 aromatic heterocycles. The third kappa shape index (κ3) is 7.43. The molecule has 1 N–H and O–H groups in total. The maximum Gasteiger partial charge on any atom is 0.338 e. The molecule has 0 saturated carbocycles. The second kappa shape index (κ2) is 13.3. The fourth-order valence-corrected chi connectivity index (χ4v) is 3.98. The standard InChI is InChI=1S/C27H26Cl2N2O4S/c1-3-15-35-23-13-8-18(9-14-23)25(32)30-27(36)31(17-20-5-10-21(28)16-24(20)29)22-11-6-19(7-12-22)26(33)34-4-2/h5-14,16H,3-4,15,17H2,1-2H3,(H,30,32,36). The van der Waals surface area contributed by atoms with E-state index in [1.165, 1.54) is 0 Å². The van der Waals surface area contributed by atoms with Crippen molar-refractivity contribution >= 4 is 58.1 Å². The Morgan fingerprint density at radius 1 is 0.944 bits per heavy atom. The predicted octanol–water partition coefficient (Wildman–Crippen LogP) is 6.68. The number of halogens is 2. The molecule has 0 unspecified atom stereocenters. The van der Waals surface area contributed by atoms with Crippen LogP contribution in [0, 0.1) is 0 Å². The van der Waals surface area contributed by atoms with E-state index in [1.54, 1.807) is 78.6 Å². The molecule has 0 radical (unpaired) electrons. The van der Waals surface area contributed by atoms with Gasteiger partial charge in [-0.15, -0.1) is 0 Å². The van der Waals surface area contributed by atoms with Crippen molar-refractivity contribution in [2.75, 3.05) is 18.1 Å². The van der Waals surface area contributed by atoms with Crippen LogP contribution in [-0.4, -0.2) is 30.2 Å². The number of hydrogen-bond acceptors (Lipinski definition) is 5. The summed E-state index contributed by atoms with van der Waals surface area (Å²) in [6, 6.07) is 18.8. The van der Waals surface area contributed by atoms with Crippen LogP contribution in [-0.2, 0) is 11.3 Å². The largest absolute Gasteiger partial charge is 0.494 e. The van der Waals surface area contributed by atoms with Gasteiger partial charge in [0.15, 0.2) is 5.11 Å². The van der Waals surface area contributed by atoms with E-state index in [9.17, 15) is 9.59 Å². The van der Waals surface area contributed by atoms with E-state index in [-0.39, 0.29) is 24.2 Å². The van der Waals surface area contributed by atoms with Gasteiger partial charge in [0.25, 0.3) is 5.91 Å². The SMILES string of the molecule is CCCOc1ccc(C(=O)NC(=S)N(Cc2ccc(Cl)cc2Cl)c2ccc(C(=O)OCC)cc2)cc1. The molecule has 0 saturated heterocycles. The van der Waals surface area contributed by atoms with Gasteiger partial charge in [0, 0.05) is 21.3 Å². The van der Waals surface area contributed by atoms with Crippen molar-refractivity contribution in [3.63, 3.8) is 0 Å². The lowest BCUT2D eigenvalue weighted by atomic mass is 10.1. The molecule has 188 valence electrons. The van der Waals surface area contributed by atoms with Gasteiger partial charge in [-0.2, -0.15) is 0 Å². The highest BCUT2D eigenvalue weighted by Crippen LogP contribution is 2.25. The van der Waals surface area contributed by atoms with Crippen molar-refractivity contribution < 1.29 is 19.1 Å². The van der Waals surface area contributed by atoms with Crippen LogP contribution in [0.3, 0.4) is 0 Å². The number of carbonyl (C=O) groups excluding carboxylic acids is 2. The number of thiocarbonyl (C=S) groups is 1. The van der Waals surface area contributed by atoms with Crippen LogP contribution in [0.15, 0.2) is 66.7 Å². The molecule has 36 heavy (non-hydrogen) atoms. The van der Waals surface area contributed by atoms with Crippen molar-refractivity contribution in [2.24, 2.45) is 0 Å². The van der Waals surface area contributed by atoms with E-state index in [0.29, 0.717) is 39.2 Å². The second-order valence-corrected chi connectivity index (χ2v) is 8.95. The minimum Gasteiger partial charge on any atom is -0.494 e. The van der Waals surface area contributed by atoms with E-state index >= 15 is 0 Å². The van der Waals surface area contributed by atoms with Crippen LogP contribution in [0.5, 0.6) is 5.75 Å². The minimum absolute atomic E-state index is 0.168. The Morgan fingerprint density at radius 2 is 1.61 bits per heavy atom. The summed E-state index contributed by atoms with van der Waals surface area (Å²) in [5.41, 5.74) is 2.25. The molecular formula is C27H26Cl2N2O4S. The fraction of sp³-hybridized carbons (Fsp3) is 0.222. The van der Waals surface area contributed by atoms with Crippen LogP contribution in [0.2, 0.25) is 10.0 Å².